The average Bonchev–Trinajstić information content (AvgIpc) is 2.82. The van der Waals surface area contributed by atoms with E-state index in [4.69, 9.17) is 0 Å². The van der Waals surface area contributed by atoms with Crippen molar-refractivity contribution < 1.29 is 0 Å². The minimum atomic E-state index is 0. The Morgan fingerprint density at radius 3 is 2.55 bits per heavy atom. The number of nitrogens with one attached hydrogen (secondary N) is 2. The molecule has 2 N–H and O–H groups in total. The first kappa shape index (κ1) is 17.5. The Balaban J connectivity index is 0.00000176. The minimum Gasteiger partial charge on any atom is -0.356 e. The number of hydrogen-bond acceptors (Lipinski definition) is 3. The summed E-state index contributed by atoms with van der Waals surface area (Å²) in [5, 5.41) is 15.3. The second kappa shape index (κ2) is 8.12. The van der Waals surface area contributed by atoms with E-state index < -0.39 is 0 Å². The van der Waals surface area contributed by atoms with Gasteiger partial charge in [-0.05, 0) is 38.0 Å². The monoisotopic (exact) mass is 418 g/mol. The SMILES string of the molecule is CN=C(NCC1CCC1)NCC1CCc2nnc(C)n2C1.I. The molecule has 1 aliphatic heterocycles. The van der Waals surface area contributed by atoms with E-state index in [-0.39, 0.29) is 24.0 Å². The molecule has 2 aliphatic rings. The summed E-state index contributed by atoms with van der Waals surface area (Å²) in [5.41, 5.74) is 0. The third-order valence-electron chi connectivity index (χ3n) is 4.79. The maximum absolute atomic E-state index is 4.32. The normalized spacial score (nSPS) is 21.5. The van der Waals surface area contributed by atoms with Crippen LogP contribution in [0.4, 0.5) is 0 Å². The fourth-order valence-electron chi connectivity index (χ4n) is 3.10. The Morgan fingerprint density at radius 2 is 1.91 bits per heavy atom. The van der Waals surface area contributed by atoms with Crippen molar-refractivity contribution in [2.45, 2.75) is 45.6 Å². The highest BCUT2D eigenvalue weighted by Gasteiger charge is 2.22. The maximum atomic E-state index is 4.32. The van der Waals surface area contributed by atoms with E-state index in [0.29, 0.717) is 5.92 Å². The molecule has 0 bridgehead atoms. The summed E-state index contributed by atoms with van der Waals surface area (Å²) in [5.74, 6) is 4.57. The lowest BCUT2D eigenvalue weighted by molar-refractivity contribution is 0.313. The van der Waals surface area contributed by atoms with E-state index in [1.807, 2.05) is 14.0 Å². The molecule has 1 saturated carbocycles. The van der Waals surface area contributed by atoms with Crippen molar-refractivity contribution in [1.29, 1.82) is 0 Å². The van der Waals surface area contributed by atoms with Crippen LogP contribution in [-0.4, -0.2) is 40.9 Å². The quantitative estimate of drug-likeness (QED) is 0.444. The topological polar surface area (TPSA) is 67.1 Å². The largest absolute Gasteiger partial charge is 0.356 e. The van der Waals surface area contributed by atoms with Gasteiger partial charge in [0.25, 0.3) is 0 Å². The highest BCUT2D eigenvalue weighted by Crippen LogP contribution is 2.25. The molecule has 1 aliphatic carbocycles. The molecule has 22 heavy (non-hydrogen) atoms. The van der Waals surface area contributed by atoms with E-state index in [9.17, 15) is 0 Å². The van der Waals surface area contributed by atoms with Gasteiger partial charge in [-0.15, -0.1) is 34.2 Å². The van der Waals surface area contributed by atoms with Crippen LogP contribution in [0.2, 0.25) is 0 Å². The molecule has 0 spiro atoms. The Hall–Kier alpha value is -0.860. The summed E-state index contributed by atoms with van der Waals surface area (Å²) in [7, 11) is 1.85. The zero-order chi connectivity index (χ0) is 14.7. The molecular weight excluding hydrogens is 391 g/mol. The van der Waals surface area contributed by atoms with Crippen molar-refractivity contribution in [2.75, 3.05) is 20.1 Å². The molecule has 124 valence electrons. The Labute approximate surface area is 149 Å². The summed E-state index contributed by atoms with van der Waals surface area (Å²) in [6.07, 6.45) is 6.32. The van der Waals surface area contributed by atoms with Crippen molar-refractivity contribution in [2.24, 2.45) is 16.8 Å². The van der Waals surface area contributed by atoms with E-state index in [1.54, 1.807) is 0 Å². The lowest BCUT2D eigenvalue weighted by Crippen LogP contribution is -2.43. The Bertz CT molecular complexity index is 508. The van der Waals surface area contributed by atoms with Crippen molar-refractivity contribution in [3.05, 3.63) is 11.6 Å². The smallest absolute Gasteiger partial charge is 0.190 e. The number of aromatic nitrogens is 3. The number of aliphatic imine (C=N–C) groups is 1. The van der Waals surface area contributed by atoms with Crippen LogP contribution in [0, 0.1) is 18.8 Å². The molecule has 2 heterocycles. The van der Waals surface area contributed by atoms with Crippen molar-refractivity contribution in [1.82, 2.24) is 25.4 Å². The van der Waals surface area contributed by atoms with Crippen LogP contribution in [-0.2, 0) is 13.0 Å². The lowest BCUT2D eigenvalue weighted by atomic mass is 9.85. The number of halogens is 1. The Kier molecular flexibility index (Phi) is 6.46. The second-order valence-corrected chi connectivity index (χ2v) is 6.31. The summed E-state index contributed by atoms with van der Waals surface area (Å²) in [6.45, 7) is 5.06. The highest BCUT2D eigenvalue weighted by molar-refractivity contribution is 14.0. The van der Waals surface area contributed by atoms with Gasteiger partial charge in [0.05, 0.1) is 0 Å². The van der Waals surface area contributed by atoms with Gasteiger partial charge in [0.2, 0.25) is 0 Å². The molecule has 0 radical (unpaired) electrons. The van der Waals surface area contributed by atoms with Gasteiger partial charge in [0.15, 0.2) is 5.96 Å². The van der Waals surface area contributed by atoms with Gasteiger partial charge in [0, 0.05) is 33.1 Å². The Morgan fingerprint density at radius 1 is 1.18 bits per heavy atom. The van der Waals surface area contributed by atoms with Crippen LogP contribution in [0.1, 0.15) is 37.3 Å². The van der Waals surface area contributed by atoms with E-state index in [2.05, 4.69) is 30.4 Å². The molecule has 1 unspecified atom stereocenters. The molecule has 0 amide bonds. The summed E-state index contributed by atoms with van der Waals surface area (Å²) in [4.78, 5) is 4.32. The van der Waals surface area contributed by atoms with Crippen LogP contribution in [0.3, 0.4) is 0 Å². The molecule has 1 aromatic heterocycles. The molecule has 7 heteroatoms. The molecule has 6 nitrogen and oxygen atoms in total. The first-order valence-corrected chi connectivity index (χ1v) is 8.09. The molecule has 1 fully saturated rings. The zero-order valence-corrected chi connectivity index (χ0v) is 15.8. The molecular formula is C15H27IN6. The third-order valence-corrected chi connectivity index (χ3v) is 4.79. The van der Waals surface area contributed by atoms with E-state index in [1.165, 1.54) is 25.7 Å². The van der Waals surface area contributed by atoms with Crippen molar-refractivity contribution in [3.8, 4) is 0 Å². The van der Waals surface area contributed by atoms with Gasteiger partial charge in [-0.25, -0.2) is 0 Å². The average molecular weight is 418 g/mol. The van der Waals surface area contributed by atoms with E-state index in [0.717, 1.165) is 49.6 Å². The predicted octanol–water partition coefficient (Wildman–Crippen LogP) is 1.73. The van der Waals surface area contributed by atoms with Gasteiger partial charge in [-0.3, -0.25) is 4.99 Å². The van der Waals surface area contributed by atoms with Gasteiger partial charge in [0.1, 0.15) is 11.6 Å². The second-order valence-electron chi connectivity index (χ2n) is 6.31. The van der Waals surface area contributed by atoms with Crippen LogP contribution in [0.5, 0.6) is 0 Å². The van der Waals surface area contributed by atoms with Gasteiger partial charge in [-0.2, -0.15) is 0 Å². The van der Waals surface area contributed by atoms with Gasteiger partial charge in [-0.1, -0.05) is 6.42 Å². The fraction of sp³-hybridized carbons (Fsp3) is 0.800. The number of nitrogens with zero attached hydrogens (tertiary/aromatic N) is 4. The zero-order valence-electron chi connectivity index (χ0n) is 13.5. The van der Waals surface area contributed by atoms with Crippen LogP contribution in [0.15, 0.2) is 4.99 Å². The maximum Gasteiger partial charge on any atom is 0.190 e. The lowest BCUT2D eigenvalue weighted by Gasteiger charge is -2.27. The summed E-state index contributed by atoms with van der Waals surface area (Å²) in [6, 6.07) is 0. The predicted molar refractivity (Wildman–Crippen MR) is 98.7 cm³/mol. The van der Waals surface area contributed by atoms with Crippen LogP contribution < -0.4 is 10.6 Å². The molecule has 3 rings (SSSR count). The molecule has 1 atom stereocenters. The number of hydrogen-bond donors (Lipinski definition) is 2. The molecule has 1 aromatic rings. The highest BCUT2D eigenvalue weighted by atomic mass is 127. The van der Waals surface area contributed by atoms with E-state index >= 15 is 0 Å². The fourth-order valence-corrected chi connectivity index (χ4v) is 3.10. The standard InChI is InChI=1S/C15H26N6.HI/c1-11-19-20-14-7-6-13(10-21(11)14)9-18-15(16-2)17-8-12-4-3-5-12;/h12-13H,3-10H2,1-2H3,(H2,16,17,18);1H. The van der Waals surface area contributed by atoms with Crippen LogP contribution >= 0.6 is 24.0 Å². The number of guanidine groups is 1. The molecule has 0 aromatic carbocycles. The third kappa shape index (κ3) is 4.11. The molecule has 0 saturated heterocycles. The first-order chi connectivity index (χ1) is 10.3. The number of fused-ring (bicyclic) bond motifs is 1. The van der Waals surface area contributed by atoms with Crippen molar-refractivity contribution >= 4 is 29.9 Å². The van der Waals surface area contributed by atoms with Crippen molar-refractivity contribution in [3.63, 3.8) is 0 Å². The minimum absolute atomic E-state index is 0. The summed E-state index contributed by atoms with van der Waals surface area (Å²) >= 11 is 0. The summed E-state index contributed by atoms with van der Waals surface area (Å²) < 4.78 is 2.25. The van der Waals surface area contributed by atoms with Gasteiger partial charge >= 0.3 is 0 Å². The number of aryl methyl sites for hydroxylation is 2. The first-order valence-electron chi connectivity index (χ1n) is 8.09. The number of rotatable bonds is 4. The van der Waals surface area contributed by atoms with Crippen LogP contribution in [0.25, 0.3) is 0 Å². The van der Waals surface area contributed by atoms with Gasteiger partial charge < -0.3 is 15.2 Å².